The van der Waals surface area contributed by atoms with Gasteiger partial charge in [-0.3, -0.25) is 4.79 Å². The third-order valence-electron chi connectivity index (χ3n) is 4.81. The van der Waals surface area contributed by atoms with Crippen molar-refractivity contribution in [2.45, 2.75) is 53.0 Å². The van der Waals surface area contributed by atoms with Crippen molar-refractivity contribution in [3.63, 3.8) is 0 Å². The molecule has 3 atom stereocenters. The maximum atomic E-state index is 12.5. The molecule has 0 saturated heterocycles. The fourth-order valence-corrected chi connectivity index (χ4v) is 3.24. The lowest BCUT2D eigenvalue weighted by molar-refractivity contribution is 0.0690. The minimum atomic E-state index is -1.03. The Balaban J connectivity index is 2.13. The van der Waals surface area contributed by atoms with E-state index in [-0.39, 0.29) is 17.6 Å². The number of nitrogens with one attached hydrogen (secondary N) is 2. The first-order valence-corrected chi connectivity index (χ1v) is 7.54. The van der Waals surface area contributed by atoms with Crippen LogP contribution in [0.1, 0.15) is 65.2 Å². The number of carbonyl (C=O) groups is 2. The van der Waals surface area contributed by atoms with Crippen LogP contribution in [0.15, 0.2) is 0 Å². The number of carbonyl (C=O) groups excluding carboxylic acids is 1. The summed E-state index contributed by atoms with van der Waals surface area (Å²) in [5, 5.41) is 12.2. The molecule has 21 heavy (non-hydrogen) atoms. The van der Waals surface area contributed by atoms with Crippen molar-refractivity contribution >= 4 is 11.9 Å². The molecule has 1 amide bonds. The molecule has 1 heterocycles. The van der Waals surface area contributed by atoms with Crippen molar-refractivity contribution in [1.82, 2.24) is 10.3 Å². The number of H-pyrrole nitrogens is 1. The monoisotopic (exact) mass is 292 g/mol. The number of aryl methyl sites for hydroxylation is 1. The van der Waals surface area contributed by atoms with E-state index in [0.29, 0.717) is 28.7 Å². The Labute approximate surface area is 125 Å². The van der Waals surface area contributed by atoms with E-state index >= 15 is 0 Å². The topological polar surface area (TPSA) is 82.2 Å². The van der Waals surface area contributed by atoms with Crippen molar-refractivity contribution < 1.29 is 14.7 Å². The van der Waals surface area contributed by atoms with Gasteiger partial charge < -0.3 is 15.4 Å². The van der Waals surface area contributed by atoms with Crippen LogP contribution >= 0.6 is 0 Å². The molecule has 3 unspecified atom stereocenters. The van der Waals surface area contributed by atoms with Gasteiger partial charge >= 0.3 is 5.97 Å². The molecule has 1 fully saturated rings. The summed E-state index contributed by atoms with van der Waals surface area (Å²) >= 11 is 0. The molecule has 0 aromatic carbocycles. The van der Waals surface area contributed by atoms with Crippen molar-refractivity contribution in [2.24, 2.45) is 11.8 Å². The number of carboxylic acid groups (broad SMARTS) is 1. The minimum absolute atomic E-state index is 0.100. The number of aromatic nitrogens is 1. The number of rotatable bonds is 3. The maximum Gasteiger partial charge on any atom is 0.352 e. The van der Waals surface area contributed by atoms with Crippen LogP contribution < -0.4 is 5.32 Å². The highest BCUT2D eigenvalue weighted by Gasteiger charge is 2.28. The molecule has 3 N–H and O–H groups in total. The van der Waals surface area contributed by atoms with Gasteiger partial charge in [-0.15, -0.1) is 0 Å². The van der Waals surface area contributed by atoms with Crippen molar-refractivity contribution in [3.05, 3.63) is 22.5 Å². The first kappa shape index (κ1) is 15.6. The Morgan fingerprint density at radius 3 is 2.38 bits per heavy atom. The lowest BCUT2D eigenvalue weighted by Crippen LogP contribution is -2.40. The number of hydrogen-bond acceptors (Lipinski definition) is 2. The third kappa shape index (κ3) is 3.12. The van der Waals surface area contributed by atoms with Gasteiger partial charge in [0.2, 0.25) is 0 Å². The first-order chi connectivity index (χ1) is 9.81. The van der Waals surface area contributed by atoms with E-state index in [1.54, 1.807) is 13.8 Å². The number of aromatic carboxylic acids is 1. The molecule has 2 rings (SSSR count). The van der Waals surface area contributed by atoms with Crippen molar-refractivity contribution in [1.29, 1.82) is 0 Å². The normalized spacial score (nSPS) is 25.6. The second kappa shape index (κ2) is 5.92. The van der Waals surface area contributed by atoms with Gasteiger partial charge in [-0.05, 0) is 50.5 Å². The summed E-state index contributed by atoms with van der Waals surface area (Å²) in [6, 6.07) is 0.186. The summed E-state index contributed by atoms with van der Waals surface area (Å²) in [6.45, 7) is 7.88. The van der Waals surface area contributed by atoms with E-state index in [1.165, 1.54) is 0 Å². The predicted octanol–water partition coefficient (Wildman–Crippen LogP) is 2.88. The molecule has 0 aliphatic heterocycles. The van der Waals surface area contributed by atoms with Gasteiger partial charge in [0, 0.05) is 11.7 Å². The minimum Gasteiger partial charge on any atom is -0.477 e. The van der Waals surface area contributed by atoms with Gasteiger partial charge in [0.25, 0.3) is 5.91 Å². The standard InChI is InChI=1S/C16H24N2O3/c1-8-5-6-12(7-9(8)2)18-15(19)13-10(3)14(16(20)21)17-11(13)4/h8-9,12,17H,5-7H2,1-4H3,(H,18,19)(H,20,21). The molecule has 1 aliphatic carbocycles. The smallest absolute Gasteiger partial charge is 0.352 e. The van der Waals surface area contributed by atoms with Crippen LogP contribution in [-0.4, -0.2) is 28.0 Å². The van der Waals surface area contributed by atoms with Gasteiger partial charge in [0.05, 0.1) is 5.56 Å². The largest absolute Gasteiger partial charge is 0.477 e. The Bertz CT molecular complexity index is 562. The molecule has 0 bridgehead atoms. The summed E-state index contributed by atoms with van der Waals surface area (Å²) < 4.78 is 0. The average Bonchev–Trinajstić information content (AvgIpc) is 2.69. The SMILES string of the molecule is Cc1[nH]c(C(=O)O)c(C)c1C(=O)NC1CCC(C)C(C)C1. The quantitative estimate of drug-likeness (QED) is 0.801. The Morgan fingerprint density at radius 2 is 1.86 bits per heavy atom. The molecular formula is C16H24N2O3. The molecule has 1 aromatic heterocycles. The van der Waals surface area contributed by atoms with Crippen LogP contribution in [0.4, 0.5) is 0 Å². The predicted molar refractivity (Wildman–Crippen MR) is 80.7 cm³/mol. The van der Waals surface area contributed by atoms with Crippen molar-refractivity contribution in [2.75, 3.05) is 0 Å². The van der Waals surface area contributed by atoms with E-state index in [4.69, 9.17) is 5.11 Å². The fourth-order valence-electron chi connectivity index (χ4n) is 3.24. The molecule has 0 radical (unpaired) electrons. The fraction of sp³-hybridized carbons (Fsp3) is 0.625. The van der Waals surface area contributed by atoms with Gasteiger partial charge in [-0.2, -0.15) is 0 Å². The molecule has 1 aromatic rings. The van der Waals surface area contributed by atoms with E-state index in [2.05, 4.69) is 24.1 Å². The van der Waals surface area contributed by atoms with Crippen LogP contribution in [0.3, 0.4) is 0 Å². The first-order valence-electron chi connectivity index (χ1n) is 7.54. The van der Waals surface area contributed by atoms with Crippen LogP contribution in [0.5, 0.6) is 0 Å². The highest BCUT2D eigenvalue weighted by molar-refractivity contribution is 6.00. The van der Waals surface area contributed by atoms with E-state index < -0.39 is 5.97 Å². The van der Waals surface area contributed by atoms with Crippen LogP contribution in [0.25, 0.3) is 0 Å². The summed E-state index contributed by atoms with van der Waals surface area (Å²) in [7, 11) is 0. The lowest BCUT2D eigenvalue weighted by Gasteiger charge is -2.32. The molecule has 1 saturated carbocycles. The number of amides is 1. The van der Waals surface area contributed by atoms with Crippen LogP contribution in [-0.2, 0) is 0 Å². The molecular weight excluding hydrogens is 268 g/mol. The lowest BCUT2D eigenvalue weighted by atomic mass is 9.79. The number of carboxylic acids is 1. The van der Waals surface area contributed by atoms with Gasteiger partial charge in [-0.1, -0.05) is 13.8 Å². The van der Waals surface area contributed by atoms with Gasteiger partial charge in [0.1, 0.15) is 5.69 Å². The molecule has 0 spiro atoms. The average molecular weight is 292 g/mol. The number of hydrogen-bond donors (Lipinski definition) is 3. The van der Waals surface area contributed by atoms with E-state index in [0.717, 1.165) is 19.3 Å². The number of aromatic amines is 1. The zero-order valence-electron chi connectivity index (χ0n) is 13.1. The van der Waals surface area contributed by atoms with E-state index in [9.17, 15) is 9.59 Å². The van der Waals surface area contributed by atoms with Crippen LogP contribution in [0, 0.1) is 25.7 Å². The molecule has 116 valence electrons. The second-order valence-corrected chi connectivity index (χ2v) is 6.37. The van der Waals surface area contributed by atoms with Crippen LogP contribution in [0.2, 0.25) is 0 Å². The molecule has 5 nitrogen and oxygen atoms in total. The highest BCUT2D eigenvalue weighted by Crippen LogP contribution is 2.29. The van der Waals surface area contributed by atoms with Gasteiger partial charge in [-0.25, -0.2) is 4.79 Å². The maximum absolute atomic E-state index is 12.5. The second-order valence-electron chi connectivity index (χ2n) is 6.37. The van der Waals surface area contributed by atoms with E-state index in [1.807, 2.05) is 0 Å². The summed E-state index contributed by atoms with van der Waals surface area (Å²) in [5.41, 5.74) is 1.69. The zero-order chi connectivity index (χ0) is 15.7. The summed E-state index contributed by atoms with van der Waals surface area (Å²) in [6.07, 6.45) is 3.10. The summed E-state index contributed by atoms with van der Waals surface area (Å²) in [4.78, 5) is 26.4. The molecule has 5 heteroatoms. The van der Waals surface area contributed by atoms with Gasteiger partial charge in [0.15, 0.2) is 0 Å². The Morgan fingerprint density at radius 1 is 1.19 bits per heavy atom. The summed E-state index contributed by atoms with van der Waals surface area (Å²) in [5.74, 6) is 0.106. The highest BCUT2D eigenvalue weighted by atomic mass is 16.4. The van der Waals surface area contributed by atoms with Crippen molar-refractivity contribution in [3.8, 4) is 0 Å². The molecule has 1 aliphatic rings. The zero-order valence-corrected chi connectivity index (χ0v) is 13.1. The third-order valence-corrected chi connectivity index (χ3v) is 4.81. The Kier molecular flexibility index (Phi) is 4.40. The Hall–Kier alpha value is -1.78.